The lowest BCUT2D eigenvalue weighted by atomic mass is 10.1. The van der Waals surface area contributed by atoms with Gasteiger partial charge in [-0.1, -0.05) is 0 Å². The quantitative estimate of drug-likeness (QED) is 0.600. The molecule has 1 heterocycles. The number of ether oxygens (including phenoxy) is 3. The first kappa shape index (κ1) is 10.3. The summed E-state index contributed by atoms with van der Waals surface area (Å²) in [5.41, 5.74) is -0.0562. The van der Waals surface area contributed by atoms with Crippen molar-refractivity contribution in [3.63, 3.8) is 0 Å². The van der Waals surface area contributed by atoms with Gasteiger partial charge in [-0.15, -0.1) is 0 Å². The van der Waals surface area contributed by atoms with Gasteiger partial charge in [0.25, 0.3) is 5.78 Å². The fourth-order valence-corrected chi connectivity index (χ4v) is 1.38. The fourth-order valence-electron chi connectivity index (χ4n) is 1.38. The number of hydrogen-bond donors (Lipinski definition) is 1. The van der Waals surface area contributed by atoms with Crippen molar-refractivity contribution in [2.24, 2.45) is 0 Å². The molecule has 0 atom stereocenters. The Morgan fingerprint density at radius 2 is 1.94 bits per heavy atom. The molecule has 1 N–H and O–H groups in total. The Labute approximate surface area is 90.3 Å². The molecule has 0 saturated heterocycles. The number of hydrogen-bond acceptors (Lipinski definition) is 5. The summed E-state index contributed by atoms with van der Waals surface area (Å²) in [5.74, 6) is -1.67. The normalized spacial score (nSPS) is 12.3. The number of fused-ring (bicyclic) bond motifs is 1. The molecule has 16 heavy (non-hydrogen) atoms. The second kappa shape index (κ2) is 3.73. The minimum atomic E-state index is -1.54. The smallest absolute Gasteiger partial charge is 0.377 e. The summed E-state index contributed by atoms with van der Waals surface area (Å²) in [6.07, 6.45) is 0. The highest BCUT2D eigenvalue weighted by Crippen LogP contribution is 2.38. The van der Waals surface area contributed by atoms with Crippen LogP contribution in [0.15, 0.2) is 12.1 Å². The van der Waals surface area contributed by atoms with E-state index in [9.17, 15) is 9.59 Å². The Morgan fingerprint density at radius 1 is 1.31 bits per heavy atom. The lowest BCUT2D eigenvalue weighted by molar-refractivity contribution is -0.131. The summed E-state index contributed by atoms with van der Waals surface area (Å²) >= 11 is 0. The van der Waals surface area contributed by atoms with Crippen LogP contribution in [-0.4, -0.2) is 30.8 Å². The maximum atomic E-state index is 11.3. The first-order valence-corrected chi connectivity index (χ1v) is 4.38. The number of rotatable bonds is 3. The molecule has 1 aromatic rings. The molecule has 0 unspecified atom stereocenters. The molecule has 0 aromatic heterocycles. The number of methoxy groups -OCH3 is 1. The third-order valence-electron chi connectivity index (χ3n) is 2.13. The van der Waals surface area contributed by atoms with Crippen molar-refractivity contribution in [3.8, 4) is 17.2 Å². The molecule has 0 aliphatic carbocycles. The van der Waals surface area contributed by atoms with Crippen molar-refractivity contribution in [1.29, 1.82) is 0 Å². The maximum absolute atomic E-state index is 11.3. The summed E-state index contributed by atoms with van der Waals surface area (Å²) in [6, 6.07) is 2.73. The van der Waals surface area contributed by atoms with E-state index in [0.717, 1.165) is 0 Å². The number of carboxylic acids is 1. The highest BCUT2D eigenvalue weighted by molar-refractivity contribution is 6.40. The molecule has 6 heteroatoms. The van der Waals surface area contributed by atoms with Gasteiger partial charge in [-0.3, -0.25) is 4.79 Å². The SMILES string of the molecule is COc1cc2c(cc1C(=O)C(=O)O)OCO2. The van der Waals surface area contributed by atoms with Crippen LogP contribution in [0, 0.1) is 0 Å². The van der Waals surface area contributed by atoms with Crippen LogP contribution in [0.4, 0.5) is 0 Å². The first-order valence-electron chi connectivity index (χ1n) is 4.38. The lowest BCUT2D eigenvalue weighted by Gasteiger charge is -2.06. The predicted octanol–water partition coefficient (Wildman–Crippen LogP) is 0.691. The van der Waals surface area contributed by atoms with Gasteiger partial charge in [-0.25, -0.2) is 4.79 Å². The van der Waals surface area contributed by atoms with Gasteiger partial charge in [-0.05, 0) is 6.07 Å². The second-order valence-electron chi connectivity index (χ2n) is 3.04. The van der Waals surface area contributed by atoms with E-state index in [2.05, 4.69) is 0 Å². The molecular formula is C10H8O6. The highest BCUT2D eigenvalue weighted by atomic mass is 16.7. The van der Waals surface area contributed by atoms with Crippen molar-refractivity contribution in [3.05, 3.63) is 17.7 Å². The molecule has 2 rings (SSSR count). The van der Waals surface area contributed by atoms with Gasteiger partial charge in [0, 0.05) is 6.07 Å². The van der Waals surface area contributed by atoms with Crippen molar-refractivity contribution in [1.82, 2.24) is 0 Å². The Bertz CT molecular complexity index is 465. The van der Waals surface area contributed by atoms with E-state index in [1.165, 1.54) is 19.2 Å². The van der Waals surface area contributed by atoms with Crippen LogP contribution < -0.4 is 14.2 Å². The highest BCUT2D eigenvalue weighted by Gasteiger charge is 2.24. The Kier molecular flexibility index (Phi) is 2.40. The Balaban J connectivity index is 2.52. The number of carbonyl (C=O) groups is 2. The minimum Gasteiger partial charge on any atom is -0.496 e. The van der Waals surface area contributed by atoms with Crippen LogP contribution in [0.2, 0.25) is 0 Å². The number of benzene rings is 1. The third-order valence-corrected chi connectivity index (χ3v) is 2.13. The van der Waals surface area contributed by atoms with Crippen LogP contribution >= 0.6 is 0 Å². The van der Waals surface area contributed by atoms with Crippen molar-refractivity contribution < 1.29 is 28.9 Å². The zero-order valence-corrected chi connectivity index (χ0v) is 8.35. The van der Waals surface area contributed by atoms with Gasteiger partial charge in [0.05, 0.1) is 12.7 Å². The number of aliphatic carboxylic acids is 1. The van der Waals surface area contributed by atoms with Crippen molar-refractivity contribution >= 4 is 11.8 Å². The summed E-state index contributed by atoms with van der Waals surface area (Å²) in [4.78, 5) is 21.9. The molecule has 84 valence electrons. The third kappa shape index (κ3) is 1.54. The second-order valence-corrected chi connectivity index (χ2v) is 3.04. The molecule has 0 radical (unpaired) electrons. The Hall–Kier alpha value is -2.24. The number of Topliss-reactive ketones (excluding diaryl/α,β-unsaturated/α-hetero) is 1. The van der Waals surface area contributed by atoms with Gasteiger partial charge >= 0.3 is 5.97 Å². The maximum Gasteiger partial charge on any atom is 0.377 e. The molecule has 1 aromatic carbocycles. The molecule has 0 bridgehead atoms. The largest absolute Gasteiger partial charge is 0.496 e. The van der Waals surface area contributed by atoms with Gasteiger partial charge in [-0.2, -0.15) is 0 Å². The number of carbonyl (C=O) groups excluding carboxylic acids is 1. The van der Waals surface area contributed by atoms with Crippen LogP contribution in [-0.2, 0) is 4.79 Å². The summed E-state index contributed by atoms with van der Waals surface area (Å²) in [6.45, 7) is 0.0448. The Morgan fingerprint density at radius 3 is 2.50 bits per heavy atom. The lowest BCUT2D eigenvalue weighted by Crippen LogP contribution is -2.13. The van der Waals surface area contributed by atoms with Gasteiger partial charge in [0.2, 0.25) is 6.79 Å². The molecule has 0 amide bonds. The van der Waals surface area contributed by atoms with Gasteiger partial charge in [0.15, 0.2) is 11.5 Å². The van der Waals surface area contributed by atoms with E-state index in [1.54, 1.807) is 0 Å². The first-order chi connectivity index (χ1) is 7.63. The van der Waals surface area contributed by atoms with Crippen LogP contribution in [0.3, 0.4) is 0 Å². The van der Waals surface area contributed by atoms with E-state index in [0.29, 0.717) is 11.5 Å². The van der Waals surface area contributed by atoms with Crippen LogP contribution in [0.1, 0.15) is 10.4 Å². The predicted molar refractivity (Wildman–Crippen MR) is 51.1 cm³/mol. The molecular weight excluding hydrogens is 216 g/mol. The van der Waals surface area contributed by atoms with Crippen molar-refractivity contribution in [2.75, 3.05) is 13.9 Å². The van der Waals surface area contributed by atoms with Gasteiger partial charge in [0.1, 0.15) is 5.75 Å². The number of carboxylic acid groups (broad SMARTS) is 1. The van der Waals surface area contributed by atoms with E-state index < -0.39 is 11.8 Å². The average molecular weight is 224 g/mol. The zero-order chi connectivity index (χ0) is 11.7. The molecule has 0 saturated carbocycles. The molecule has 6 nitrogen and oxygen atoms in total. The molecule has 0 fully saturated rings. The van der Waals surface area contributed by atoms with E-state index in [1.807, 2.05) is 0 Å². The summed E-state index contributed by atoms with van der Waals surface area (Å²) in [5, 5.41) is 8.63. The van der Waals surface area contributed by atoms with E-state index in [-0.39, 0.29) is 18.1 Å². The number of ketones is 1. The van der Waals surface area contributed by atoms with E-state index in [4.69, 9.17) is 19.3 Å². The van der Waals surface area contributed by atoms with E-state index >= 15 is 0 Å². The molecule has 1 aliphatic heterocycles. The topological polar surface area (TPSA) is 82.1 Å². The van der Waals surface area contributed by atoms with Crippen molar-refractivity contribution in [2.45, 2.75) is 0 Å². The average Bonchev–Trinajstić information content (AvgIpc) is 2.72. The monoisotopic (exact) mass is 224 g/mol. The summed E-state index contributed by atoms with van der Waals surface area (Å²) in [7, 11) is 1.34. The zero-order valence-electron chi connectivity index (χ0n) is 8.35. The summed E-state index contributed by atoms with van der Waals surface area (Å²) < 4.78 is 15.0. The fraction of sp³-hybridized carbons (Fsp3) is 0.200. The minimum absolute atomic E-state index is 0.0448. The van der Waals surface area contributed by atoms with Gasteiger partial charge < -0.3 is 19.3 Å². The molecule has 1 aliphatic rings. The standard InChI is InChI=1S/C10H8O6/c1-14-6-3-8-7(15-4-16-8)2-5(6)9(11)10(12)13/h2-3H,4H2,1H3,(H,12,13). The molecule has 0 spiro atoms. The van der Waals surface area contributed by atoms with Crippen LogP contribution in [0.5, 0.6) is 17.2 Å². The van der Waals surface area contributed by atoms with Crippen LogP contribution in [0.25, 0.3) is 0 Å².